The van der Waals surface area contributed by atoms with Crippen LogP contribution in [0.5, 0.6) is 0 Å². The second-order valence-corrected chi connectivity index (χ2v) is 4.77. The summed E-state index contributed by atoms with van der Waals surface area (Å²) in [7, 11) is 0. The number of amides is 1. The van der Waals surface area contributed by atoms with E-state index in [1.807, 2.05) is 30.0 Å². The number of nitrogens with zero attached hydrogens (tertiary/aromatic N) is 1. The summed E-state index contributed by atoms with van der Waals surface area (Å²) in [5.41, 5.74) is 2.30. The maximum atomic E-state index is 11.8. The van der Waals surface area contributed by atoms with Crippen LogP contribution in [0.25, 0.3) is 0 Å². The molecule has 0 saturated carbocycles. The highest BCUT2D eigenvalue weighted by Crippen LogP contribution is 2.03. The summed E-state index contributed by atoms with van der Waals surface area (Å²) in [5, 5.41) is 11.9. The third kappa shape index (κ3) is 6.36. The minimum Gasteiger partial charge on any atom is -0.395 e. The molecular weight excluding hydrogens is 240 g/mol. The van der Waals surface area contributed by atoms with Crippen molar-refractivity contribution in [2.75, 3.05) is 26.2 Å². The van der Waals surface area contributed by atoms with Crippen molar-refractivity contribution >= 4 is 5.91 Å². The van der Waals surface area contributed by atoms with Crippen molar-refractivity contribution in [3.05, 3.63) is 35.4 Å². The van der Waals surface area contributed by atoms with Gasteiger partial charge in [-0.1, -0.05) is 36.8 Å². The Kier molecular flexibility index (Phi) is 7.15. The molecule has 0 spiro atoms. The van der Waals surface area contributed by atoms with E-state index in [2.05, 4.69) is 18.3 Å². The molecule has 0 saturated heterocycles. The summed E-state index contributed by atoms with van der Waals surface area (Å²) in [6, 6.07) is 8.10. The zero-order chi connectivity index (χ0) is 14.1. The van der Waals surface area contributed by atoms with Gasteiger partial charge in [0.1, 0.15) is 0 Å². The van der Waals surface area contributed by atoms with Crippen molar-refractivity contribution < 1.29 is 9.90 Å². The molecule has 2 N–H and O–H groups in total. The largest absolute Gasteiger partial charge is 0.395 e. The van der Waals surface area contributed by atoms with Gasteiger partial charge in [0.25, 0.3) is 0 Å². The molecule has 0 heterocycles. The highest BCUT2D eigenvalue weighted by atomic mass is 16.3. The summed E-state index contributed by atoms with van der Waals surface area (Å²) in [6.45, 7) is 6.47. The van der Waals surface area contributed by atoms with Crippen molar-refractivity contribution in [1.29, 1.82) is 0 Å². The first-order valence-electron chi connectivity index (χ1n) is 6.81. The van der Waals surface area contributed by atoms with E-state index in [4.69, 9.17) is 5.11 Å². The van der Waals surface area contributed by atoms with Crippen LogP contribution in [0, 0.1) is 6.92 Å². The molecule has 0 unspecified atom stereocenters. The molecule has 1 aromatic carbocycles. The molecule has 1 rings (SSSR count). The van der Waals surface area contributed by atoms with E-state index < -0.39 is 0 Å². The average Bonchev–Trinajstić information content (AvgIpc) is 2.37. The van der Waals surface area contributed by atoms with E-state index >= 15 is 0 Å². The minimum atomic E-state index is 0.00315. The lowest BCUT2D eigenvalue weighted by Gasteiger charge is -2.19. The van der Waals surface area contributed by atoms with Crippen molar-refractivity contribution in [1.82, 2.24) is 10.2 Å². The Bertz CT molecular complexity index is 387. The molecule has 0 bridgehead atoms. The Morgan fingerprint density at radius 3 is 2.79 bits per heavy atom. The standard InChI is InChI=1S/C15H24N2O2/c1-3-7-17(8-9-18)12-15(19)16-11-14-6-4-5-13(2)10-14/h4-6,10,18H,3,7-9,11-12H2,1-2H3,(H,16,19). The van der Waals surface area contributed by atoms with Crippen molar-refractivity contribution in [2.24, 2.45) is 0 Å². The molecular formula is C15H24N2O2. The fourth-order valence-corrected chi connectivity index (χ4v) is 2.01. The number of hydrogen-bond acceptors (Lipinski definition) is 3. The van der Waals surface area contributed by atoms with E-state index in [-0.39, 0.29) is 12.5 Å². The third-order valence-corrected chi connectivity index (χ3v) is 2.90. The number of aliphatic hydroxyl groups excluding tert-OH is 1. The van der Waals surface area contributed by atoms with E-state index in [0.717, 1.165) is 18.5 Å². The Morgan fingerprint density at radius 1 is 1.37 bits per heavy atom. The maximum Gasteiger partial charge on any atom is 0.234 e. The van der Waals surface area contributed by atoms with Gasteiger partial charge in [-0.15, -0.1) is 0 Å². The van der Waals surface area contributed by atoms with Crippen LogP contribution in [0.1, 0.15) is 24.5 Å². The molecule has 4 nitrogen and oxygen atoms in total. The molecule has 0 aromatic heterocycles. The van der Waals surface area contributed by atoms with Crippen molar-refractivity contribution in [3.8, 4) is 0 Å². The van der Waals surface area contributed by atoms with Crippen molar-refractivity contribution in [2.45, 2.75) is 26.8 Å². The topological polar surface area (TPSA) is 52.6 Å². The maximum absolute atomic E-state index is 11.8. The van der Waals surface area contributed by atoms with Gasteiger partial charge in [-0.2, -0.15) is 0 Å². The third-order valence-electron chi connectivity index (χ3n) is 2.90. The van der Waals surface area contributed by atoms with Crippen LogP contribution >= 0.6 is 0 Å². The van der Waals surface area contributed by atoms with Crippen LogP contribution in [0.15, 0.2) is 24.3 Å². The number of aliphatic hydroxyl groups is 1. The molecule has 4 heteroatoms. The fraction of sp³-hybridized carbons (Fsp3) is 0.533. The number of aryl methyl sites for hydroxylation is 1. The van der Waals surface area contributed by atoms with E-state index in [1.54, 1.807) is 0 Å². The molecule has 0 aliphatic heterocycles. The molecule has 19 heavy (non-hydrogen) atoms. The van der Waals surface area contributed by atoms with Crippen molar-refractivity contribution in [3.63, 3.8) is 0 Å². The van der Waals surface area contributed by atoms with Gasteiger partial charge in [0, 0.05) is 13.1 Å². The molecule has 1 aromatic rings. The number of carbonyl (C=O) groups excluding carboxylic acids is 1. The SMILES string of the molecule is CCCN(CCO)CC(=O)NCc1cccc(C)c1. The summed E-state index contributed by atoms with van der Waals surface area (Å²) >= 11 is 0. The van der Waals surface area contributed by atoms with E-state index in [1.165, 1.54) is 5.56 Å². The summed E-state index contributed by atoms with van der Waals surface area (Å²) in [4.78, 5) is 13.8. The normalized spacial score (nSPS) is 10.7. The fourth-order valence-electron chi connectivity index (χ4n) is 2.01. The molecule has 0 fully saturated rings. The predicted octanol–water partition coefficient (Wildman–Crippen LogP) is 1.32. The lowest BCUT2D eigenvalue weighted by molar-refractivity contribution is -0.122. The van der Waals surface area contributed by atoms with Gasteiger partial charge in [-0.25, -0.2) is 0 Å². The summed E-state index contributed by atoms with van der Waals surface area (Å²) in [6.07, 6.45) is 0.977. The second-order valence-electron chi connectivity index (χ2n) is 4.77. The minimum absolute atomic E-state index is 0.00315. The Hall–Kier alpha value is -1.39. The van der Waals surface area contributed by atoms with Gasteiger partial charge >= 0.3 is 0 Å². The number of carbonyl (C=O) groups is 1. The Labute approximate surface area is 115 Å². The van der Waals surface area contributed by atoms with Gasteiger partial charge < -0.3 is 10.4 Å². The van der Waals surface area contributed by atoms with Gasteiger partial charge in [0.2, 0.25) is 5.91 Å². The monoisotopic (exact) mass is 264 g/mol. The number of rotatable bonds is 8. The number of nitrogens with one attached hydrogen (secondary N) is 1. The lowest BCUT2D eigenvalue weighted by Crippen LogP contribution is -2.38. The van der Waals surface area contributed by atoms with Gasteiger partial charge in [-0.05, 0) is 25.5 Å². The number of hydrogen-bond donors (Lipinski definition) is 2. The van der Waals surface area contributed by atoms with E-state index in [0.29, 0.717) is 19.6 Å². The molecule has 0 aliphatic carbocycles. The lowest BCUT2D eigenvalue weighted by atomic mass is 10.1. The van der Waals surface area contributed by atoms with Gasteiger partial charge in [0.15, 0.2) is 0 Å². The van der Waals surface area contributed by atoms with Crippen LogP contribution in [0.4, 0.5) is 0 Å². The summed E-state index contributed by atoms with van der Waals surface area (Å²) in [5.74, 6) is 0.00315. The van der Waals surface area contributed by atoms with Gasteiger partial charge in [0.05, 0.1) is 13.2 Å². The Balaban J connectivity index is 2.37. The molecule has 106 valence electrons. The van der Waals surface area contributed by atoms with Crippen LogP contribution in [0.2, 0.25) is 0 Å². The number of benzene rings is 1. The molecule has 0 radical (unpaired) electrons. The zero-order valence-corrected chi connectivity index (χ0v) is 11.9. The average molecular weight is 264 g/mol. The summed E-state index contributed by atoms with van der Waals surface area (Å²) < 4.78 is 0. The van der Waals surface area contributed by atoms with Crippen LogP contribution < -0.4 is 5.32 Å². The molecule has 1 amide bonds. The Morgan fingerprint density at radius 2 is 2.16 bits per heavy atom. The highest BCUT2D eigenvalue weighted by Gasteiger charge is 2.09. The predicted molar refractivity (Wildman–Crippen MR) is 76.8 cm³/mol. The highest BCUT2D eigenvalue weighted by molar-refractivity contribution is 5.78. The second kappa shape index (κ2) is 8.67. The van der Waals surface area contributed by atoms with Gasteiger partial charge in [-0.3, -0.25) is 9.69 Å². The quantitative estimate of drug-likeness (QED) is 0.744. The van der Waals surface area contributed by atoms with E-state index in [9.17, 15) is 4.79 Å². The zero-order valence-electron chi connectivity index (χ0n) is 11.9. The molecule has 0 atom stereocenters. The van der Waals surface area contributed by atoms with Crippen LogP contribution in [-0.2, 0) is 11.3 Å². The smallest absolute Gasteiger partial charge is 0.234 e. The first kappa shape index (κ1) is 15.7. The first-order valence-corrected chi connectivity index (χ1v) is 6.81. The van der Waals surface area contributed by atoms with Crippen LogP contribution in [0.3, 0.4) is 0 Å². The first-order chi connectivity index (χ1) is 9.15. The van der Waals surface area contributed by atoms with Crippen LogP contribution in [-0.4, -0.2) is 42.2 Å². The molecule has 0 aliphatic rings.